The van der Waals surface area contributed by atoms with Gasteiger partial charge in [-0.15, -0.1) is 6.58 Å². The van der Waals surface area contributed by atoms with Gasteiger partial charge in [-0.2, -0.15) is 0 Å². The summed E-state index contributed by atoms with van der Waals surface area (Å²) in [5.74, 6) is 0. The minimum absolute atomic E-state index is 0.489. The molecule has 0 saturated heterocycles. The van der Waals surface area contributed by atoms with Crippen molar-refractivity contribution < 1.29 is 4.74 Å². The second-order valence-electron chi connectivity index (χ2n) is 3.89. The Morgan fingerprint density at radius 2 is 2.35 bits per heavy atom. The van der Waals surface area contributed by atoms with Crippen LogP contribution in [0.1, 0.15) is 11.3 Å². The van der Waals surface area contributed by atoms with E-state index in [1.165, 1.54) is 0 Å². The molecule has 4 heteroatoms. The minimum atomic E-state index is 0.489. The van der Waals surface area contributed by atoms with Crippen molar-refractivity contribution in [3.05, 3.63) is 36.2 Å². The summed E-state index contributed by atoms with van der Waals surface area (Å²) in [6, 6.07) is 2.06. The van der Waals surface area contributed by atoms with Crippen LogP contribution < -0.4 is 10.6 Å². The molecular formula is C13H21N3O. The van der Waals surface area contributed by atoms with Gasteiger partial charge in [0.25, 0.3) is 0 Å². The number of aromatic nitrogens is 1. The van der Waals surface area contributed by atoms with Gasteiger partial charge in [0, 0.05) is 49.9 Å². The molecule has 4 nitrogen and oxygen atoms in total. The third-order valence-corrected chi connectivity index (χ3v) is 2.57. The maximum absolute atomic E-state index is 5.74. The fourth-order valence-corrected chi connectivity index (χ4v) is 1.69. The maximum atomic E-state index is 5.74. The van der Waals surface area contributed by atoms with Crippen LogP contribution in [-0.2, 0) is 11.3 Å². The molecule has 0 bridgehead atoms. The van der Waals surface area contributed by atoms with E-state index in [-0.39, 0.29) is 0 Å². The Hall–Kier alpha value is -1.39. The van der Waals surface area contributed by atoms with Gasteiger partial charge < -0.3 is 15.4 Å². The molecule has 0 aromatic carbocycles. The Labute approximate surface area is 103 Å². The highest BCUT2D eigenvalue weighted by Crippen LogP contribution is 2.20. The quantitative estimate of drug-likeness (QED) is 0.727. The zero-order valence-electron chi connectivity index (χ0n) is 10.6. The number of hydrogen-bond acceptors (Lipinski definition) is 4. The van der Waals surface area contributed by atoms with E-state index in [1.54, 1.807) is 7.11 Å². The molecule has 0 aliphatic rings. The summed E-state index contributed by atoms with van der Waals surface area (Å²) in [6.45, 7) is 8.53. The van der Waals surface area contributed by atoms with Crippen molar-refractivity contribution in [1.29, 1.82) is 0 Å². The van der Waals surface area contributed by atoms with Crippen molar-refractivity contribution in [2.24, 2.45) is 5.73 Å². The number of nitrogens with zero attached hydrogens (tertiary/aromatic N) is 2. The molecule has 0 unspecified atom stereocenters. The van der Waals surface area contributed by atoms with Gasteiger partial charge in [-0.3, -0.25) is 4.98 Å². The molecule has 94 valence electrons. The number of ether oxygens (including phenoxy) is 1. The highest BCUT2D eigenvalue weighted by Gasteiger charge is 2.10. The largest absolute Gasteiger partial charge is 0.383 e. The lowest BCUT2D eigenvalue weighted by Crippen LogP contribution is -2.28. The van der Waals surface area contributed by atoms with Crippen molar-refractivity contribution >= 4 is 5.69 Å². The van der Waals surface area contributed by atoms with E-state index in [0.717, 1.165) is 30.0 Å². The predicted octanol–water partition coefficient (Wildman–Crippen LogP) is 1.49. The SMILES string of the molecule is C=CCN(CCOC)c1cc(C)ncc1CN. The highest BCUT2D eigenvalue weighted by atomic mass is 16.5. The zero-order chi connectivity index (χ0) is 12.7. The van der Waals surface area contributed by atoms with Crippen LogP contribution in [0, 0.1) is 6.92 Å². The summed E-state index contributed by atoms with van der Waals surface area (Å²) < 4.78 is 5.12. The summed E-state index contributed by atoms with van der Waals surface area (Å²) in [4.78, 5) is 6.47. The van der Waals surface area contributed by atoms with E-state index in [9.17, 15) is 0 Å². The second kappa shape index (κ2) is 7.04. The van der Waals surface area contributed by atoms with Gasteiger partial charge in [-0.25, -0.2) is 0 Å². The average Bonchev–Trinajstić information content (AvgIpc) is 2.34. The average molecular weight is 235 g/mol. The molecule has 1 aromatic heterocycles. The molecule has 1 heterocycles. The number of aryl methyl sites for hydroxylation is 1. The van der Waals surface area contributed by atoms with Crippen LogP contribution in [0.4, 0.5) is 5.69 Å². The second-order valence-corrected chi connectivity index (χ2v) is 3.89. The number of methoxy groups -OCH3 is 1. The van der Waals surface area contributed by atoms with E-state index in [1.807, 2.05) is 19.2 Å². The predicted molar refractivity (Wildman–Crippen MR) is 71.2 cm³/mol. The first-order valence-corrected chi connectivity index (χ1v) is 5.73. The van der Waals surface area contributed by atoms with Crippen LogP contribution in [0.15, 0.2) is 24.9 Å². The summed E-state index contributed by atoms with van der Waals surface area (Å²) >= 11 is 0. The van der Waals surface area contributed by atoms with Crippen LogP contribution in [0.5, 0.6) is 0 Å². The molecule has 0 saturated carbocycles. The summed E-state index contributed by atoms with van der Waals surface area (Å²) in [7, 11) is 1.70. The molecule has 0 atom stereocenters. The first-order chi connectivity index (χ1) is 8.22. The van der Waals surface area contributed by atoms with E-state index < -0.39 is 0 Å². The Bertz CT molecular complexity index is 366. The lowest BCUT2D eigenvalue weighted by atomic mass is 10.2. The lowest BCUT2D eigenvalue weighted by Gasteiger charge is -2.25. The van der Waals surface area contributed by atoms with E-state index >= 15 is 0 Å². The van der Waals surface area contributed by atoms with Crippen molar-refractivity contribution in [2.75, 3.05) is 31.7 Å². The molecule has 0 spiro atoms. The fraction of sp³-hybridized carbons (Fsp3) is 0.462. The number of anilines is 1. The molecule has 0 radical (unpaired) electrons. The highest BCUT2D eigenvalue weighted by molar-refractivity contribution is 5.54. The summed E-state index contributed by atoms with van der Waals surface area (Å²) in [5.41, 5.74) is 8.90. The molecule has 0 amide bonds. The van der Waals surface area contributed by atoms with Gasteiger partial charge in [0.15, 0.2) is 0 Å². The third-order valence-electron chi connectivity index (χ3n) is 2.57. The number of pyridine rings is 1. The molecule has 17 heavy (non-hydrogen) atoms. The van der Waals surface area contributed by atoms with Crippen molar-refractivity contribution in [1.82, 2.24) is 4.98 Å². The third kappa shape index (κ3) is 3.84. The van der Waals surface area contributed by atoms with Gasteiger partial charge in [0.1, 0.15) is 0 Å². The van der Waals surface area contributed by atoms with Crippen LogP contribution in [0.2, 0.25) is 0 Å². The molecule has 0 aliphatic carbocycles. The van der Waals surface area contributed by atoms with Crippen LogP contribution in [0.3, 0.4) is 0 Å². The Balaban J connectivity index is 2.97. The monoisotopic (exact) mass is 235 g/mol. The first kappa shape index (κ1) is 13.7. The molecule has 0 aliphatic heterocycles. The summed E-state index contributed by atoms with van der Waals surface area (Å²) in [6.07, 6.45) is 3.72. The zero-order valence-corrected chi connectivity index (χ0v) is 10.6. The molecule has 1 rings (SSSR count). The fourth-order valence-electron chi connectivity index (χ4n) is 1.69. The van der Waals surface area contributed by atoms with Crippen molar-refractivity contribution in [2.45, 2.75) is 13.5 Å². The van der Waals surface area contributed by atoms with Gasteiger partial charge in [-0.1, -0.05) is 6.08 Å². The Morgan fingerprint density at radius 1 is 1.59 bits per heavy atom. The molecular weight excluding hydrogens is 214 g/mol. The first-order valence-electron chi connectivity index (χ1n) is 5.73. The van der Waals surface area contributed by atoms with Crippen molar-refractivity contribution in [3.63, 3.8) is 0 Å². The van der Waals surface area contributed by atoms with Gasteiger partial charge in [-0.05, 0) is 13.0 Å². The molecule has 2 N–H and O–H groups in total. The minimum Gasteiger partial charge on any atom is -0.383 e. The Morgan fingerprint density at radius 3 is 2.94 bits per heavy atom. The molecule has 1 aromatic rings. The van der Waals surface area contributed by atoms with Crippen LogP contribution in [-0.4, -0.2) is 31.8 Å². The standard InChI is InChI=1S/C13H21N3O/c1-4-5-16(6-7-17-3)13-8-11(2)15-10-12(13)9-14/h4,8,10H,1,5-7,9,14H2,2-3H3. The smallest absolute Gasteiger partial charge is 0.0637 e. The lowest BCUT2D eigenvalue weighted by molar-refractivity contribution is 0.205. The topological polar surface area (TPSA) is 51.4 Å². The van der Waals surface area contributed by atoms with Gasteiger partial charge in [0.05, 0.1) is 6.61 Å². The number of nitrogens with two attached hydrogens (primary N) is 1. The van der Waals surface area contributed by atoms with Crippen molar-refractivity contribution in [3.8, 4) is 0 Å². The normalized spacial score (nSPS) is 10.3. The van der Waals surface area contributed by atoms with Gasteiger partial charge in [0.2, 0.25) is 0 Å². The van der Waals surface area contributed by atoms with Crippen LogP contribution in [0.25, 0.3) is 0 Å². The van der Waals surface area contributed by atoms with E-state index in [0.29, 0.717) is 13.2 Å². The maximum Gasteiger partial charge on any atom is 0.0637 e. The van der Waals surface area contributed by atoms with Gasteiger partial charge >= 0.3 is 0 Å². The van der Waals surface area contributed by atoms with Crippen LogP contribution >= 0.6 is 0 Å². The van der Waals surface area contributed by atoms with E-state index in [4.69, 9.17) is 10.5 Å². The number of rotatable bonds is 7. The summed E-state index contributed by atoms with van der Waals surface area (Å²) in [5, 5.41) is 0. The Kier molecular flexibility index (Phi) is 5.66. The molecule has 0 fully saturated rings. The van der Waals surface area contributed by atoms with E-state index in [2.05, 4.69) is 22.5 Å². The number of hydrogen-bond donors (Lipinski definition) is 1.